The third-order valence-electron chi connectivity index (χ3n) is 4.84. The van der Waals surface area contributed by atoms with Crippen LogP contribution in [0.2, 0.25) is 0 Å². The summed E-state index contributed by atoms with van der Waals surface area (Å²) in [7, 11) is -0.248. The molecule has 1 fully saturated rings. The molecule has 2 nitrogen and oxygen atoms in total. The van der Waals surface area contributed by atoms with Crippen molar-refractivity contribution in [1.29, 1.82) is 0 Å². The van der Waals surface area contributed by atoms with E-state index in [1.807, 2.05) is 12.1 Å². The first-order valence-corrected chi connectivity index (χ1v) is 10.8. The third-order valence-corrected chi connectivity index (χ3v) is 8.73. The molecule has 1 aliphatic rings. The van der Waals surface area contributed by atoms with Gasteiger partial charge in [0.15, 0.2) is 0 Å². The highest BCUT2D eigenvalue weighted by molar-refractivity contribution is 8.93. The molecule has 0 spiro atoms. The Labute approximate surface area is 166 Å². The molecule has 0 aromatic heterocycles. The number of benzene rings is 1. The zero-order valence-electron chi connectivity index (χ0n) is 16.8. The van der Waals surface area contributed by atoms with Crippen LogP contribution in [-0.4, -0.2) is 34.2 Å². The monoisotopic (exact) mass is 427 g/mol. The van der Waals surface area contributed by atoms with Crippen LogP contribution >= 0.6 is 24.9 Å². The number of likely N-dealkylation sites (tertiary alicyclic amines) is 1. The van der Waals surface area contributed by atoms with Crippen LogP contribution in [0.4, 0.5) is 0 Å². The average Bonchev–Trinajstić information content (AvgIpc) is 2.51. The van der Waals surface area contributed by atoms with Crippen LogP contribution < -0.4 is 0 Å². The highest BCUT2D eigenvalue weighted by atomic mass is 79.9. The number of rotatable bonds is 3. The van der Waals surface area contributed by atoms with Gasteiger partial charge in [-0.25, -0.2) is 0 Å². The van der Waals surface area contributed by atoms with Crippen molar-refractivity contribution in [2.24, 2.45) is 0 Å². The highest BCUT2D eigenvalue weighted by Crippen LogP contribution is 2.61. The fraction of sp³-hybridized carbons (Fsp3) is 0.667. The largest absolute Gasteiger partial charge is 0.339 e. The zero-order valence-corrected chi connectivity index (χ0v) is 19.4. The van der Waals surface area contributed by atoms with Gasteiger partial charge in [0.05, 0.1) is 0 Å². The molecule has 0 saturated carbocycles. The second-order valence-electron chi connectivity index (χ2n) is 8.94. The number of hydrogen-bond donors (Lipinski definition) is 0. The van der Waals surface area contributed by atoms with Gasteiger partial charge in [0, 0.05) is 18.7 Å². The average molecular weight is 428 g/mol. The van der Waals surface area contributed by atoms with E-state index in [0.29, 0.717) is 0 Å². The van der Waals surface area contributed by atoms with E-state index in [-0.39, 0.29) is 41.1 Å². The van der Waals surface area contributed by atoms with Gasteiger partial charge in [-0.15, -0.1) is 17.0 Å². The van der Waals surface area contributed by atoms with Gasteiger partial charge in [0.2, 0.25) is 0 Å². The Hall–Kier alpha value is -0.400. The van der Waals surface area contributed by atoms with Gasteiger partial charge in [-0.05, 0) is 47.4 Å². The summed E-state index contributed by atoms with van der Waals surface area (Å²) in [5.74, 6) is 0.239. The number of carbonyl (C=O) groups excluding carboxylic acids is 1. The van der Waals surface area contributed by atoms with Crippen LogP contribution in [0.25, 0.3) is 0 Å². The topological polar surface area (TPSA) is 20.3 Å². The number of hydrogen-bond acceptors (Lipinski definition) is 1. The molecule has 2 rings (SSSR count). The van der Waals surface area contributed by atoms with E-state index >= 15 is 0 Å². The molecule has 142 valence electrons. The van der Waals surface area contributed by atoms with Gasteiger partial charge in [0.1, 0.15) is 0 Å². The predicted octanol–water partition coefficient (Wildman–Crippen LogP) is 6.47. The maximum Gasteiger partial charge on any atom is 0.254 e. The molecular weight excluding hydrogens is 393 g/mol. The summed E-state index contributed by atoms with van der Waals surface area (Å²) >= 11 is 0. The van der Waals surface area contributed by atoms with Crippen molar-refractivity contribution in [3.8, 4) is 0 Å². The Balaban J connectivity index is 0.00000312. The van der Waals surface area contributed by atoms with Gasteiger partial charge in [-0.3, -0.25) is 4.79 Å². The van der Waals surface area contributed by atoms with E-state index in [9.17, 15) is 4.79 Å². The Morgan fingerprint density at radius 2 is 1.48 bits per heavy atom. The normalized spacial score (nSPS) is 15.9. The lowest BCUT2D eigenvalue weighted by Crippen LogP contribution is -2.36. The van der Waals surface area contributed by atoms with Crippen LogP contribution in [0.15, 0.2) is 24.3 Å². The van der Waals surface area contributed by atoms with Crippen LogP contribution in [0, 0.1) is 0 Å². The molecule has 25 heavy (non-hydrogen) atoms. The highest BCUT2D eigenvalue weighted by Gasteiger charge is 2.35. The van der Waals surface area contributed by atoms with Gasteiger partial charge >= 0.3 is 0 Å². The van der Waals surface area contributed by atoms with Crippen molar-refractivity contribution in [2.75, 3.05) is 13.1 Å². The fourth-order valence-electron chi connectivity index (χ4n) is 3.79. The minimum atomic E-state index is -0.248. The Kier molecular flexibility index (Phi) is 8.15. The Bertz CT molecular complexity index is 554. The molecule has 1 saturated heterocycles. The number of amides is 1. The van der Waals surface area contributed by atoms with Crippen LogP contribution in [0.1, 0.15) is 76.7 Å². The molecule has 0 radical (unpaired) electrons. The molecule has 1 heterocycles. The lowest BCUT2D eigenvalue weighted by Gasteiger charge is -2.42. The summed E-state index contributed by atoms with van der Waals surface area (Å²) in [6, 6.07) is 8.30. The quantitative estimate of drug-likeness (QED) is 0.506. The van der Waals surface area contributed by atoms with Gasteiger partial charge in [-0.2, -0.15) is 0 Å². The molecule has 0 unspecified atom stereocenters. The minimum absolute atomic E-state index is 0. The van der Waals surface area contributed by atoms with Crippen molar-refractivity contribution < 1.29 is 4.79 Å². The molecule has 1 aromatic rings. The summed E-state index contributed by atoms with van der Waals surface area (Å²) in [5.41, 5.74) is 2.17. The van der Waals surface area contributed by atoms with E-state index < -0.39 is 0 Å². The van der Waals surface area contributed by atoms with Crippen molar-refractivity contribution in [3.63, 3.8) is 0 Å². The zero-order chi connectivity index (χ0) is 18.0. The van der Waals surface area contributed by atoms with E-state index in [1.54, 1.807) is 0 Å². The number of halogens is 1. The fourth-order valence-corrected chi connectivity index (χ4v) is 7.36. The summed E-state index contributed by atoms with van der Waals surface area (Å²) in [5, 5.41) is 0.545. The lowest BCUT2D eigenvalue weighted by molar-refractivity contribution is 0.0723. The van der Waals surface area contributed by atoms with Crippen molar-refractivity contribution in [1.82, 2.24) is 4.90 Å². The van der Waals surface area contributed by atoms with E-state index in [2.05, 4.69) is 58.6 Å². The maximum atomic E-state index is 13.0. The first kappa shape index (κ1) is 22.6. The van der Waals surface area contributed by atoms with Crippen LogP contribution in [0.3, 0.4) is 0 Å². The van der Waals surface area contributed by atoms with Gasteiger partial charge in [-0.1, -0.05) is 67.7 Å². The predicted molar refractivity (Wildman–Crippen MR) is 117 cm³/mol. The van der Waals surface area contributed by atoms with Crippen LogP contribution in [0.5, 0.6) is 0 Å². The molecule has 1 aromatic carbocycles. The number of nitrogens with zero attached hydrogens (tertiary/aromatic N) is 1. The number of piperidine rings is 1. The summed E-state index contributed by atoms with van der Waals surface area (Å²) < 4.78 is 0. The minimum Gasteiger partial charge on any atom is -0.339 e. The standard InChI is InChI=1S/C21H34NOP.BrH/c1-20(2,3)24(21(4,5)6)16-17-12-8-9-13-18(17)19(23)22-14-10-7-11-15-22;/h8-9,12-13H,7,10-11,14-16H2,1-6H3;1H. The first-order valence-electron chi connectivity index (χ1n) is 9.25. The van der Waals surface area contributed by atoms with Crippen molar-refractivity contribution >= 4 is 30.8 Å². The van der Waals surface area contributed by atoms with E-state index in [4.69, 9.17) is 0 Å². The second kappa shape index (κ2) is 9.00. The SMILES string of the molecule is Br.CC(C)(C)P(Cc1ccccc1C(=O)N1CCCCC1)C(C)(C)C. The molecule has 0 aliphatic carbocycles. The van der Waals surface area contributed by atoms with Gasteiger partial charge in [0.25, 0.3) is 5.91 Å². The van der Waals surface area contributed by atoms with Gasteiger partial charge < -0.3 is 4.90 Å². The molecule has 0 bridgehead atoms. The lowest BCUT2D eigenvalue weighted by atomic mass is 10.1. The molecule has 4 heteroatoms. The Morgan fingerprint density at radius 3 is 2.00 bits per heavy atom. The molecule has 1 aliphatic heterocycles. The van der Waals surface area contributed by atoms with Crippen LogP contribution in [-0.2, 0) is 6.16 Å². The third kappa shape index (κ3) is 6.07. The van der Waals surface area contributed by atoms with E-state index in [0.717, 1.165) is 37.7 Å². The molecular formula is C21H35BrNOP. The molecule has 0 atom stereocenters. The second-order valence-corrected chi connectivity index (χ2v) is 12.8. The summed E-state index contributed by atoms with van der Waals surface area (Å²) in [6.07, 6.45) is 4.57. The molecule has 0 N–H and O–H groups in total. The molecule has 1 amide bonds. The van der Waals surface area contributed by atoms with Crippen molar-refractivity contribution in [2.45, 2.75) is 77.3 Å². The Morgan fingerprint density at radius 1 is 0.960 bits per heavy atom. The maximum absolute atomic E-state index is 13.0. The summed E-state index contributed by atoms with van der Waals surface area (Å²) in [4.78, 5) is 15.1. The van der Waals surface area contributed by atoms with Crippen molar-refractivity contribution in [3.05, 3.63) is 35.4 Å². The van der Waals surface area contributed by atoms with E-state index in [1.165, 1.54) is 12.0 Å². The smallest absolute Gasteiger partial charge is 0.254 e. The first-order chi connectivity index (χ1) is 11.1. The summed E-state index contributed by atoms with van der Waals surface area (Å²) in [6.45, 7) is 15.9. The number of carbonyl (C=O) groups is 1.